The molecule has 13 heavy (non-hydrogen) atoms. The molecule has 0 bridgehead atoms. The molecule has 1 nitrogen and oxygen atoms in total. The van der Waals surface area contributed by atoms with Gasteiger partial charge in [-0.15, -0.1) is 0 Å². The molecule has 4 heteroatoms. The first-order valence-corrected chi connectivity index (χ1v) is 5.35. The molecular weight excluding hydrogens is 225 g/mol. The Balaban J connectivity index is 0. The smallest absolute Gasteiger partial charge is 0.411 e. The monoisotopic (exact) mass is 243 g/mol. The fourth-order valence-corrected chi connectivity index (χ4v) is 1.91. The molecule has 0 fully saturated rings. The van der Waals surface area contributed by atoms with E-state index in [1.807, 2.05) is 0 Å². The van der Waals surface area contributed by atoms with Crippen LogP contribution in [-0.2, 0) is 12.6 Å². The van der Waals surface area contributed by atoms with Crippen molar-refractivity contribution in [2.75, 3.05) is 0 Å². The van der Waals surface area contributed by atoms with Crippen molar-refractivity contribution >= 4 is 29.2 Å². The zero-order chi connectivity index (χ0) is 9.72. The first kappa shape index (κ1) is 17.2. The van der Waals surface area contributed by atoms with Crippen LogP contribution in [0.2, 0.25) is 0 Å². The van der Waals surface area contributed by atoms with Crippen LogP contribution in [0, 0.1) is 0 Å². The standard InChI is InChI=1S/C9H19NS2.K/c1-5-7(3)10(9(11)12)8(4)6-2;/h7-8H,5-6H2,1-4H3,(H,11,12);/q;+1/p-1. The Hall–Kier alpha value is 1.75. The molecule has 0 aliphatic rings. The van der Waals surface area contributed by atoms with Crippen molar-refractivity contribution in [1.82, 2.24) is 4.90 Å². The van der Waals surface area contributed by atoms with E-state index in [1.165, 1.54) is 0 Å². The molecule has 0 aromatic heterocycles. The third-order valence-corrected chi connectivity index (χ3v) is 2.76. The van der Waals surface area contributed by atoms with Gasteiger partial charge < -0.3 is 29.7 Å². The van der Waals surface area contributed by atoms with E-state index in [0.29, 0.717) is 16.4 Å². The Labute approximate surface area is 136 Å². The Morgan fingerprint density at radius 2 is 1.54 bits per heavy atom. The molecule has 0 heterocycles. The summed E-state index contributed by atoms with van der Waals surface area (Å²) >= 11 is 10.1. The second-order valence-corrected chi connectivity index (χ2v) is 4.22. The predicted octanol–water partition coefficient (Wildman–Crippen LogP) is -0.279. The van der Waals surface area contributed by atoms with Crippen molar-refractivity contribution in [3.8, 4) is 0 Å². The van der Waals surface area contributed by atoms with Gasteiger partial charge in [0.05, 0.1) is 0 Å². The molecule has 0 saturated carbocycles. The molecule has 72 valence electrons. The van der Waals surface area contributed by atoms with Crippen LogP contribution in [0.1, 0.15) is 40.5 Å². The molecule has 0 radical (unpaired) electrons. The zero-order valence-corrected chi connectivity index (χ0v) is 14.1. The molecule has 2 unspecified atom stereocenters. The quantitative estimate of drug-likeness (QED) is 0.380. The van der Waals surface area contributed by atoms with Crippen molar-refractivity contribution in [3.05, 3.63) is 0 Å². The fraction of sp³-hybridized carbons (Fsp3) is 0.889. The fourth-order valence-electron chi connectivity index (χ4n) is 1.19. The first-order valence-electron chi connectivity index (χ1n) is 4.53. The van der Waals surface area contributed by atoms with Gasteiger partial charge in [0.15, 0.2) is 0 Å². The summed E-state index contributed by atoms with van der Waals surface area (Å²) in [6.45, 7) is 8.66. The Bertz CT molecular complexity index is 143. The van der Waals surface area contributed by atoms with Crippen molar-refractivity contribution in [3.63, 3.8) is 0 Å². The average molecular weight is 243 g/mol. The van der Waals surface area contributed by atoms with Gasteiger partial charge in [0.25, 0.3) is 0 Å². The Morgan fingerprint density at radius 3 is 1.69 bits per heavy atom. The molecule has 0 aliphatic heterocycles. The third kappa shape index (κ3) is 6.02. The van der Waals surface area contributed by atoms with Gasteiger partial charge in [0, 0.05) is 12.1 Å². The second-order valence-electron chi connectivity index (χ2n) is 3.19. The SMILES string of the molecule is CCC(C)N(C(=S)[S-])C(C)CC.[K+]. The van der Waals surface area contributed by atoms with Crippen LogP contribution in [0.15, 0.2) is 0 Å². The molecule has 0 aromatic rings. The molecule has 0 amide bonds. The van der Waals surface area contributed by atoms with Crippen LogP contribution in [0.5, 0.6) is 0 Å². The normalized spacial score (nSPS) is 14.2. The van der Waals surface area contributed by atoms with E-state index < -0.39 is 0 Å². The molecule has 0 N–H and O–H groups in total. The summed E-state index contributed by atoms with van der Waals surface area (Å²) in [7, 11) is 0. The number of rotatable bonds is 4. The van der Waals surface area contributed by atoms with Crippen LogP contribution >= 0.6 is 12.2 Å². The van der Waals surface area contributed by atoms with Gasteiger partial charge in [-0.2, -0.15) is 0 Å². The van der Waals surface area contributed by atoms with Crippen LogP contribution in [0.25, 0.3) is 0 Å². The predicted molar refractivity (Wildman–Crippen MR) is 61.3 cm³/mol. The molecule has 0 saturated heterocycles. The third-order valence-electron chi connectivity index (χ3n) is 2.34. The minimum atomic E-state index is 0. The summed E-state index contributed by atoms with van der Waals surface area (Å²) in [5, 5.41) is 0. The van der Waals surface area contributed by atoms with Gasteiger partial charge in [-0.25, -0.2) is 0 Å². The largest absolute Gasteiger partial charge is 1.00 e. The topological polar surface area (TPSA) is 3.24 Å². The van der Waals surface area contributed by atoms with Crippen molar-refractivity contribution in [1.29, 1.82) is 0 Å². The average Bonchev–Trinajstić information content (AvgIpc) is 2.03. The Morgan fingerprint density at radius 1 is 1.23 bits per heavy atom. The summed E-state index contributed by atoms with van der Waals surface area (Å²) < 4.78 is 0.610. The van der Waals surface area contributed by atoms with E-state index in [0.717, 1.165) is 12.8 Å². The summed E-state index contributed by atoms with van der Waals surface area (Å²) in [6, 6.07) is 0.954. The van der Waals surface area contributed by atoms with Crippen molar-refractivity contribution < 1.29 is 51.4 Å². The van der Waals surface area contributed by atoms with Crippen LogP contribution in [0.3, 0.4) is 0 Å². The van der Waals surface area contributed by atoms with Crippen molar-refractivity contribution in [2.45, 2.75) is 52.6 Å². The second kappa shape index (κ2) is 9.01. The van der Waals surface area contributed by atoms with E-state index in [-0.39, 0.29) is 51.4 Å². The molecule has 0 spiro atoms. The van der Waals surface area contributed by atoms with Gasteiger partial charge in [-0.05, 0) is 26.7 Å². The van der Waals surface area contributed by atoms with Gasteiger partial charge in [0.2, 0.25) is 0 Å². The Kier molecular flexibility index (Phi) is 11.9. The van der Waals surface area contributed by atoms with Gasteiger partial charge >= 0.3 is 51.4 Å². The maximum absolute atomic E-state index is 5.04. The van der Waals surface area contributed by atoms with Crippen LogP contribution in [-0.4, -0.2) is 21.3 Å². The van der Waals surface area contributed by atoms with E-state index in [9.17, 15) is 0 Å². The molecule has 0 rings (SSSR count). The van der Waals surface area contributed by atoms with Crippen LogP contribution in [0.4, 0.5) is 0 Å². The molecule has 0 aliphatic carbocycles. The van der Waals surface area contributed by atoms with Crippen LogP contribution < -0.4 is 51.4 Å². The minimum Gasteiger partial charge on any atom is -0.411 e. The first-order chi connectivity index (χ1) is 5.54. The van der Waals surface area contributed by atoms with E-state index in [1.54, 1.807) is 0 Å². The minimum absolute atomic E-state index is 0. The number of thiocarbonyl (C=S) groups is 1. The maximum atomic E-state index is 5.04. The van der Waals surface area contributed by atoms with Crippen molar-refractivity contribution in [2.24, 2.45) is 0 Å². The van der Waals surface area contributed by atoms with E-state index in [4.69, 9.17) is 24.8 Å². The van der Waals surface area contributed by atoms with Gasteiger partial charge in [-0.3, -0.25) is 0 Å². The summed E-state index contributed by atoms with van der Waals surface area (Å²) in [4.78, 5) is 2.16. The molecule has 0 aromatic carbocycles. The molecule has 2 atom stereocenters. The van der Waals surface area contributed by atoms with Gasteiger partial charge in [-0.1, -0.05) is 18.2 Å². The number of nitrogens with zero attached hydrogens (tertiary/aromatic N) is 1. The summed E-state index contributed by atoms with van der Waals surface area (Å²) in [5.41, 5.74) is 0. The number of hydrogen-bond acceptors (Lipinski definition) is 2. The summed E-state index contributed by atoms with van der Waals surface area (Å²) in [6.07, 6.45) is 2.20. The van der Waals surface area contributed by atoms with E-state index in [2.05, 4.69) is 32.6 Å². The zero-order valence-electron chi connectivity index (χ0n) is 9.33. The maximum Gasteiger partial charge on any atom is 1.00 e. The molecular formula is C9H18KNS2. The van der Waals surface area contributed by atoms with E-state index >= 15 is 0 Å². The summed E-state index contributed by atoms with van der Waals surface area (Å²) in [5.74, 6) is 0. The van der Waals surface area contributed by atoms with Gasteiger partial charge in [0.1, 0.15) is 0 Å². The number of hydrogen-bond donors (Lipinski definition) is 0.